The summed E-state index contributed by atoms with van der Waals surface area (Å²) in [7, 11) is 0. The summed E-state index contributed by atoms with van der Waals surface area (Å²) in [6, 6.07) is 0. The van der Waals surface area contributed by atoms with E-state index in [1.54, 1.807) is 0 Å². The number of rotatable bonds is 0. The van der Waals surface area contributed by atoms with E-state index in [2.05, 4.69) is 0 Å². The normalized spacial score (nSPS) is 0. The van der Waals surface area contributed by atoms with Crippen molar-refractivity contribution in [3.8, 4) is 0 Å². The van der Waals surface area contributed by atoms with Gasteiger partial charge in [0.25, 0.3) is 0 Å². The first-order chi connectivity index (χ1) is 0. The van der Waals surface area contributed by atoms with Crippen LogP contribution in [0.5, 0.6) is 0 Å². The van der Waals surface area contributed by atoms with E-state index in [4.69, 9.17) is 0 Å². The van der Waals surface area contributed by atoms with Crippen molar-refractivity contribution in [3.63, 3.8) is 0 Å². The van der Waals surface area contributed by atoms with E-state index < -0.39 is 0 Å². The Morgan fingerprint density at radius 2 is 0.500 bits per heavy atom. The van der Waals surface area contributed by atoms with Crippen LogP contribution in [-0.4, -0.2) is 69.2 Å². The second-order valence-electron chi connectivity index (χ2n) is 0. The first-order valence-corrected chi connectivity index (χ1v) is 0. The molecule has 0 nitrogen and oxygen atoms in total. The summed E-state index contributed by atoms with van der Waals surface area (Å²) < 4.78 is 0. The Balaban J connectivity index is 0. The summed E-state index contributed by atoms with van der Waals surface area (Å²) in [5, 5.41) is 0. The first kappa shape index (κ1) is 53.9. The van der Waals surface area contributed by atoms with E-state index >= 15 is 0 Å². The van der Waals surface area contributed by atoms with E-state index in [-0.39, 0.29) is 106 Å². The molecule has 0 fully saturated rings. The maximum absolute atomic E-state index is 0. The smallest absolute Gasteiger partial charge is 0.153 e. The van der Waals surface area contributed by atoms with Crippen LogP contribution in [0.2, 0.25) is 0 Å². The Kier molecular flexibility index (Phi) is 340. The standard InChI is InChI=1S/Fe.3Mg.2H3P.6H/h;;;;2*1H3;;;;;;. The van der Waals surface area contributed by atoms with Gasteiger partial charge in [0.05, 0.1) is 0 Å². The largest absolute Gasteiger partial charge is 0.316 e. The monoisotopic (exact) mass is 202 g/mol. The van der Waals surface area contributed by atoms with Crippen LogP contribution in [0.15, 0.2) is 0 Å². The minimum absolute atomic E-state index is 0. The summed E-state index contributed by atoms with van der Waals surface area (Å²) in [5.41, 5.74) is 0. The zero-order valence-corrected chi connectivity index (χ0v) is 5.70. The average Bonchev–Trinajstić information content (AvgIpc) is 0. The van der Waals surface area contributed by atoms with Crippen LogP contribution in [0.25, 0.3) is 0 Å². The zero-order chi connectivity index (χ0) is 0. The molecule has 0 radical (unpaired) electrons. The molecule has 0 saturated carbocycles. The quantitative estimate of drug-likeness (QED) is 0.298. The molecule has 0 aromatic heterocycles. The molecular weight excluding hydrogens is 191 g/mol. The van der Waals surface area contributed by atoms with Gasteiger partial charge in [-0.25, -0.2) is 0 Å². The van der Waals surface area contributed by atoms with Gasteiger partial charge in [-0.2, -0.15) is 19.8 Å². The van der Waals surface area contributed by atoms with Gasteiger partial charge in [-0.15, -0.1) is 0 Å². The predicted octanol–water partition coefficient (Wildman–Crippen LogP) is -2.63. The second-order valence-corrected chi connectivity index (χ2v) is 0. The van der Waals surface area contributed by atoms with Gasteiger partial charge in [-0.1, -0.05) is 0 Å². The molecule has 6 heavy (non-hydrogen) atoms. The summed E-state index contributed by atoms with van der Waals surface area (Å²) in [6.07, 6.45) is 0. The van der Waals surface area contributed by atoms with Gasteiger partial charge in [0, 0.05) is 17.1 Å². The maximum atomic E-state index is 0. The molecule has 0 aliphatic rings. The van der Waals surface area contributed by atoms with Crippen LogP contribution >= 0.6 is 19.8 Å². The molecular formula is H12FeMg3P2. The topological polar surface area (TPSA) is 0 Å². The molecule has 0 saturated heterocycles. The second kappa shape index (κ2) is 37.8. The molecule has 0 aromatic rings. The molecule has 6 heteroatoms. The van der Waals surface area contributed by atoms with Crippen molar-refractivity contribution in [3.05, 3.63) is 0 Å². The van der Waals surface area contributed by atoms with Gasteiger partial charge >= 0.3 is 69.2 Å². The van der Waals surface area contributed by atoms with E-state index in [9.17, 15) is 0 Å². The third kappa shape index (κ3) is 25.3. The molecule has 0 spiro atoms. The van der Waals surface area contributed by atoms with Crippen molar-refractivity contribution in [2.24, 2.45) is 0 Å². The zero-order valence-electron chi connectivity index (χ0n) is 1.77. The fourth-order valence-electron chi connectivity index (χ4n) is 0. The number of hydrogen-bond acceptors (Lipinski definition) is 0. The Hall–Kier alpha value is 3.68. The molecule has 0 rings (SSSR count). The van der Waals surface area contributed by atoms with E-state index in [1.165, 1.54) is 0 Å². The van der Waals surface area contributed by atoms with Crippen molar-refractivity contribution >= 4 is 89.0 Å². The Bertz CT molecular complexity index is 8.75. The van der Waals surface area contributed by atoms with Crippen LogP contribution in [0.1, 0.15) is 0 Å². The molecule has 0 aliphatic carbocycles. The van der Waals surface area contributed by atoms with Crippen LogP contribution in [0, 0.1) is 0 Å². The van der Waals surface area contributed by atoms with E-state index in [0.29, 0.717) is 0 Å². The molecule has 2 unspecified atom stereocenters. The number of hydrogen-bond donors (Lipinski definition) is 0. The van der Waals surface area contributed by atoms with Gasteiger partial charge in [0.15, 0.2) is 0 Å². The Labute approximate surface area is 104 Å². The van der Waals surface area contributed by atoms with Crippen LogP contribution < -0.4 is 0 Å². The maximum Gasteiger partial charge on any atom is 0.316 e. The predicted molar refractivity (Wildman–Crippen MR) is 47.8 cm³/mol. The van der Waals surface area contributed by atoms with Gasteiger partial charge in [-0.05, 0) is 0 Å². The fourth-order valence-corrected chi connectivity index (χ4v) is 0. The van der Waals surface area contributed by atoms with Crippen molar-refractivity contribution in [2.75, 3.05) is 0 Å². The molecule has 0 heterocycles. The van der Waals surface area contributed by atoms with E-state index in [0.717, 1.165) is 0 Å². The SMILES string of the molecule is P.P.[Fe].[MgH2].[MgH2].[MgH2]. The fraction of sp³-hybridized carbons (Fsp3) is 0. The Morgan fingerprint density at radius 3 is 0.500 bits per heavy atom. The average molecular weight is 203 g/mol. The van der Waals surface area contributed by atoms with Crippen molar-refractivity contribution < 1.29 is 17.1 Å². The van der Waals surface area contributed by atoms with Crippen LogP contribution in [-0.2, 0) is 17.1 Å². The minimum atomic E-state index is 0. The molecule has 36 valence electrons. The first-order valence-electron chi connectivity index (χ1n) is 0. The molecule has 0 N–H and O–H groups in total. The van der Waals surface area contributed by atoms with Gasteiger partial charge < -0.3 is 0 Å². The molecule has 2 atom stereocenters. The van der Waals surface area contributed by atoms with Crippen LogP contribution in [0.4, 0.5) is 0 Å². The van der Waals surface area contributed by atoms with Gasteiger partial charge in [0.2, 0.25) is 0 Å². The summed E-state index contributed by atoms with van der Waals surface area (Å²) in [4.78, 5) is 0. The third-order valence-electron chi connectivity index (χ3n) is 0. The van der Waals surface area contributed by atoms with Gasteiger partial charge in [0.1, 0.15) is 0 Å². The van der Waals surface area contributed by atoms with Crippen molar-refractivity contribution in [1.29, 1.82) is 0 Å². The van der Waals surface area contributed by atoms with Crippen molar-refractivity contribution in [1.82, 2.24) is 0 Å². The van der Waals surface area contributed by atoms with E-state index in [1.807, 2.05) is 0 Å². The van der Waals surface area contributed by atoms with Crippen LogP contribution in [0.3, 0.4) is 0 Å². The summed E-state index contributed by atoms with van der Waals surface area (Å²) >= 11 is 0. The Morgan fingerprint density at radius 1 is 0.500 bits per heavy atom. The van der Waals surface area contributed by atoms with Crippen molar-refractivity contribution in [2.45, 2.75) is 0 Å². The molecule has 0 aliphatic heterocycles. The minimum Gasteiger partial charge on any atom is -0.153 e. The molecule has 0 bridgehead atoms. The van der Waals surface area contributed by atoms with Gasteiger partial charge in [-0.3, -0.25) is 0 Å². The third-order valence-corrected chi connectivity index (χ3v) is 0. The molecule has 0 aromatic carbocycles. The summed E-state index contributed by atoms with van der Waals surface area (Å²) in [6.45, 7) is 0. The molecule has 0 amide bonds. The summed E-state index contributed by atoms with van der Waals surface area (Å²) in [5.74, 6) is 0.